The largest absolute Gasteiger partial charge is 0.423 e. The number of rotatable bonds is 8. The van der Waals surface area contributed by atoms with Gasteiger partial charge in [0.1, 0.15) is 17.2 Å². The number of hydrogen-bond acceptors (Lipinski definition) is 6. The third kappa shape index (κ3) is 8.06. The standard InChI is InChI=1S/C37H28O6/c1-6-35(38)41-32-19-8-26(9-20-32)7-10-30-15-16-31(23-34(30)43-37(40)25(4)5)29-13-11-27(12-14-29)28-17-21-33(22-18-28)42-36(39)24(2)3/h6,8-9,11-23H,1-2,4H2,3,5H3. The lowest BCUT2D eigenvalue weighted by atomic mass is 9.99. The maximum atomic E-state index is 12.4. The van der Waals surface area contributed by atoms with Gasteiger partial charge in [0.25, 0.3) is 0 Å². The van der Waals surface area contributed by atoms with Crippen molar-refractivity contribution in [3.05, 3.63) is 139 Å². The van der Waals surface area contributed by atoms with E-state index in [0.717, 1.165) is 28.3 Å². The van der Waals surface area contributed by atoms with E-state index in [1.807, 2.05) is 42.5 Å². The van der Waals surface area contributed by atoms with Gasteiger partial charge in [0, 0.05) is 22.8 Å². The molecule has 0 N–H and O–H groups in total. The molecule has 6 heteroatoms. The van der Waals surface area contributed by atoms with Gasteiger partial charge in [-0.25, -0.2) is 14.4 Å². The smallest absolute Gasteiger partial charge is 0.338 e. The van der Waals surface area contributed by atoms with Crippen LogP contribution in [0.4, 0.5) is 0 Å². The van der Waals surface area contributed by atoms with Crippen LogP contribution < -0.4 is 14.2 Å². The van der Waals surface area contributed by atoms with Crippen LogP contribution in [0.2, 0.25) is 0 Å². The zero-order valence-electron chi connectivity index (χ0n) is 23.8. The zero-order valence-corrected chi connectivity index (χ0v) is 23.8. The van der Waals surface area contributed by atoms with Gasteiger partial charge in [0.05, 0.1) is 5.56 Å². The molecule has 43 heavy (non-hydrogen) atoms. The van der Waals surface area contributed by atoms with Crippen LogP contribution in [0.25, 0.3) is 22.3 Å². The molecule has 0 radical (unpaired) electrons. The third-order valence-corrected chi connectivity index (χ3v) is 6.08. The van der Waals surface area contributed by atoms with Gasteiger partial charge < -0.3 is 14.2 Å². The molecule has 0 fully saturated rings. The topological polar surface area (TPSA) is 78.9 Å². The fourth-order valence-electron chi connectivity index (χ4n) is 3.74. The molecule has 0 saturated carbocycles. The normalized spacial score (nSPS) is 10.0. The van der Waals surface area contributed by atoms with Crippen LogP contribution in [0, 0.1) is 11.8 Å². The van der Waals surface area contributed by atoms with Gasteiger partial charge in [-0.1, -0.05) is 74.0 Å². The molecule has 0 aliphatic rings. The van der Waals surface area contributed by atoms with Gasteiger partial charge in [-0.15, -0.1) is 0 Å². The van der Waals surface area contributed by atoms with E-state index in [2.05, 4.69) is 31.6 Å². The summed E-state index contributed by atoms with van der Waals surface area (Å²) in [5.74, 6) is 5.66. The SMILES string of the molecule is C=CC(=O)Oc1ccc(C#Cc2ccc(-c3ccc(-c4ccc(OC(=O)C(=C)C)cc4)cc3)cc2OC(=O)C(=C)C)cc1. The Morgan fingerprint density at radius 2 is 1.07 bits per heavy atom. The first-order valence-corrected chi connectivity index (χ1v) is 13.2. The highest BCUT2D eigenvalue weighted by Gasteiger charge is 2.12. The Morgan fingerprint density at radius 3 is 1.63 bits per heavy atom. The molecule has 0 saturated heterocycles. The molecule has 4 aromatic rings. The van der Waals surface area contributed by atoms with E-state index in [-0.39, 0.29) is 5.57 Å². The van der Waals surface area contributed by atoms with Crippen LogP contribution in [-0.4, -0.2) is 17.9 Å². The molecule has 0 bridgehead atoms. The summed E-state index contributed by atoms with van der Waals surface area (Å²) in [6, 6.07) is 27.3. The van der Waals surface area contributed by atoms with Crippen molar-refractivity contribution in [3.8, 4) is 51.3 Å². The molecule has 0 unspecified atom stereocenters. The van der Waals surface area contributed by atoms with Crippen molar-refractivity contribution in [1.82, 2.24) is 0 Å². The summed E-state index contributed by atoms with van der Waals surface area (Å²) in [5, 5.41) is 0. The van der Waals surface area contributed by atoms with Crippen molar-refractivity contribution in [2.75, 3.05) is 0 Å². The van der Waals surface area contributed by atoms with Gasteiger partial charge in [-0.3, -0.25) is 0 Å². The molecular weight excluding hydrogens is 540 g/mol. The lowest BCUT2D eigenvalue weighted by Gasteiger charge is -2.10. The van der Waals surface area contributed by atoms with Crippen LogP contribution in [0.15, 0.2) is 128 Å². The molecular formula is C37H28O6. The minimum atomic E-state index is -0.554. The Balaban J connectivity index is 1.57. The summed E-state index contributed by atoms with van der Waals surface area (Å²) in [7, 11) is 0. The number of hydrogen-bond donors (Lipinski definition) is 0. The lowest BCUT2D eigenvalue weighted by Crippen LogP contribution is -2.09. The van der Waals surface area contributed by atoms with Gasteiger partial charge >= 0.3 is 17.9 Å². The Kier molecular flexibility index (Phi) is 9.52. The van der Waals surface area contributed by atoms with Gasteiger partial charge in [0.15, 0.2) is 0 Å². The number of esters is 3. The third-order valence-electron chi connectivity index (χ3n) is 6.08. The fourth-order valence-corrected chi connectivity index (χ4v) is 3.74. The number of carbonyl (C=O) groups is 3. The molecule has 0 aromatic heterocycles. The average Bonchev–Trinajstić information content (AvgIpc) is 3.01. The van der Waals surface area contributed by atoms with Crippen LogP contribution in [0.3, 0.4) is 0 Å². The van der Waals surface area contributed by atoms with Gasteiger partial charge in [-0.2, -0.15) is 0 Å². The minimum absolute atomic E-state index is 0.263. The number of carbonyl (C=O) groups excluding carboxylic acids is 3. The lowest BCUT2D eigenvalue weighted by molar-refractivity contribution is -0.130. The summed E-state index contributed by atoms with van der Waals surface area (Å²) in [5.41, 5.74) is 5.46. The molecule has 212 valence electrons. The Labute approximate surface area is 250 Å². The van der Waals surface area contributed by atoms with E-state index in [1.165, 1.54) is 0 Å². The van der Waals surface area contributed by atoms with Crippen LogP contribution in [0.5, 0.6) is 17.2 Å². The number of benzene rings is 4. The molecule has 0 amide bonds. The molecule has 0 atom stereocenters. The van der Waals surface area contributed by atoms with Crippen LogP contribution >= 0.6 is 0 Å². The second-order valence-electron chi connectivity index (χ2n) is 9.55. The summed E-state index contributed by atoms with van der Waals surface area (Å²) in [6.45, 7) is 13.8. The molecule has 0 heterocycles. The molecule has 0 spiro atoms. The molecule has 0 aliphatic heterocycles. The average molecular weight is 569 g/mol. The first-order valence-electron chi connectivity index (χ1n) is 13.2. The predicted molar refractivity (Wildman–Crippen MR) is 166 cm³/mol. The highest BCUT2D eigenvalue weighted by Crippen LogP contribution is 2.30. The van der Waals surface area contributed by atoms with Crippen molar-refractivity contribution in [2.45, 2.75) is 13.8 Å². The van der Waals surface area contributed by atoms with Crippen molar-refractivity contribution in [3.63, 3.8) is 0 Å². The second-order valence-corrected chi connectivity index (χ2v) is 9.55. The molecule has 4 aromatic carbocycles. The Morgan fingerprint density at radius 1 is 0.605 bits per heavy atom. The summed E-state index contributed by atoms with van der Waals surface area (Å²) < 4.78 is 16.0. The second kappa shape index (κ2) is 13.6. The first kappa shape index (κ1) is 30.0. The van der Waals surface area contributed by atoms with E-state index < -0.39 is 17.9 Å². The summed E-state index contributed by atoms with van der Waals surface area (Å²) in [6.07, 6.45) is 1.09. The summed E-state index contributed by atoms with van der Waals surface area (Å²) >= 11 is 0. The first-order chi connectivity index (χ1) is 20.6. The highest BCUT2D eigenvalue weighted by atomic mass is 16.5. The van der Waals surface area contributed by atoms with Crippen LogP contribution in [0.1, 0.15) is 25.0 Å². The summed E-state index contributed by atoms with van der Waals surface area (Å²) in [4.78, 5) is 35.5. The van der Waals surface area contributed by atoms with Crippen molar-refractivity contribution in [1.29, 1.82) is 0 Å². The van der Waals surface area contributed by atoms with Crippen molar-refractivity contribution < 1.29 is 28.6 Å². The monoisotopic (exact) mass is 568 g/mol. The number of ether oxygens (including phenoxy) is 3. The van der Waals surface area contributed by atoms with Crippen LogP contribution in [-0.2, 0) is 14.4 Å². The maximum absolute atomic E-state index is 12.4. The van der Waals surface area contributed by atoms with E-state index >= 15 is 0 Å². The highest BCUT2D eigenvalue weighted by molar-refractivity contribution is 5.90. The predicted octanol–water partition coefficient (Wildman–Crippen LogP) is 7.47. The van der Waals surface area contributed by atoms with E-state index in [0.29, 0.717) is 33.9 Å². The minimum Gasteiger partial charge on any atom is -0.423 e. The molecule has 0 aliphatic carbocycles. The maximum Gasteiger partial charge on any atom is 0.338 e. The Hall–Kier alpha value is -5.93. The van der Waals surface area contributed by atoms with Crippen molar-refractivity contribution in [2.24, 2.45) is 0 Å². The quantitative estimate of drug-likeness (QED) is 0.0949. The fraction of sp³-hybridized carbons (Fsp3) is 0.0541. The molecule has 6 nitrogen and oxygen atoms in total. The van der Waals surface area contributed by atoms with Crippen molar-refractivity contribution >= 4 is 17.9 Å². The molecule has 4 rings (SSSR count). The van der Waals surface area contributed by atoms with Gasteiger partial charge in [0.2, 0.25) is 0 Å². The Bertz CT molecular complexity index is 1780. The van der Waals surface area contributed by atoms with E-state index in [1.54, 1.807) is 62.4 Å². The zero-order chi connectivity index (χ0) is 30.9. The van der Waals surface area contributed by atoms with E-state index in [4.69, 9.17) is 14.2 Å². The van der Waals surface area contributed by atoms with E-state index in [9.17, 15) is 14.4 Å². The van der Waals surface area contributed by atoms with Gasteiger partial charge in [-0.05, 0) is 84.6 Å².